The highest BCUT2D eigenvalue weighted by Gasteiger charge is 2.22. The van der Waals surface area contributed by atoms with Crippen molar-refractivity contribution in [2.24, 2.45) is 0 Å². The summed E-state index contributed by atoms with van der Waals surface area (Å²) in [6, 6.07) is 9.01. The third kappa shape index (κ3) is 3.07. The van der Waals surface area contributed by atoms with Gasteiger partial charge >= 0.3 is 0 Å². The second-order valence-corrected chi connectivity index (χ2v) is 4.99. The molecule has 0 aliphatic heterocycles. The zero-order chi connectivity index (χ0) is 15.4. The minimum absolute atomic E-state index is 0.0962. The molecule has 0 spiro atoms. The fourth-order valence-corrected chi connectivity index (χ4v) is 2.35. The number of carbonyl (C=O) groups is 1. The molecule has 112 valence electrons. The summed E-state index contributed by atoms with van der Waals surface area (Å²) in [5.74, 6) is -0.0962. The van der Waals surface area contributed by atoms with Crippen molar-refractivity contribution in [2.75, 3.05) is 11.1 Å². The quantitative estimate of drug-likeness (QED) is 0.887. The summed E-state index contributed by atoms with van der Waals surface area (Å²) in [6.07, 6.45) is 1.51. The number of aromatic nitrogens is 2. The van der Waals surface area contributed by atoms with Gasteiger partial charge in [-0.05, 0) is 31.9 Å². The Hall–Kier alpha value is -2.30. The lowest BCUT2D eigenvalue weighted by Crippen LogP contribution is -2.25. The van der Waals surface area contributed by atoms with Gasteiger partial charge in [-0.25, -0.2) is 0 Å². The van der Waals surface area contributed by atoms with Gasteiger partial charge in [0.15, 0.2) is 0 Å². The number of hydrogen-bond donors (Lipinski definition) is 2. The number of rotatable bonds is 5. The second kappa shape index (κ2) is 6.43. The van der Waals surface area contributed by atoms with Crippen LogP contribution in [0.1, 0.15) is 38.2 Å². The van der Waals surface area contributed by atoms with Crippen LogP contribution >= 0.6 is 0 Å². The topological polar surface area (TPSA) is 72.9 Å². The van der Waals surface area contributed by atoms with Crippen molar-refractivity contribution in [3.63, 3.8) is 0 Å². The van der Waals surface area contributed by atoms with E-state index in [1.165, 1.54) is 0 Å². The summed E-state index contributed by atoms with van der Waals surface area (Å²) >= 11 is 0. The number of hydrogen-bond acceptors (Lipinski definition) is 3. The maximum atomic E-state index is 12.4. The molecule has 1 atom stereocenters. The number of nitrogens with one attached hydrogen (secondary N) is 1. The van der Waals surface area contributed by atoms with Crippen molar-refractivity contribution in [1.82, 2.24) is 9.78 Å². The molecule has 1 heterocycles. The Labute approximate surface area is 125 Å². The summed E-state index contributed by atoms with van der Waals surface area (Å²) in [5, 5.41) is 7.39. The summed E-state index contributed by atoms with van der Waals surface area (Å²) in [5.41, 5.74) is 9.36. The number of nitrogen functional groups attached to an aromatic ring is 1. The highest BCUT2D eigenvalue weighted by molar-refractivity contribution is 5.93. The Morgan fingerprint density at radius 3 is 2.52 bits per heavy atom. The SMILES string of the molecule is CCc1nn(C(C)C(=O)Nc2ccccc2)c(CC)c1N. The maximum absolute atomic E-state index is 12.4. The molecule has 1 aromatic heterocycles. The number of nitrogens with zero attached hydrogens (tertiary/aromatic N) is 2. The zero-order valence-corrected chi connectivity index (χ0v) is 12.8. The van der Waals surface area contributed by atoms with Crippen LogP contribution < -0.4 is 11.1 Å². The van der Waals surface area contributed by atoms with Crippen molar-refractivity contribution < 1.29 is 4.79 Å². The first kappa shape index (κ1) is 15.1. The first-order valence-electron chi connectivity index (χ1n) is 7.30. The second-order valence-electron chi connectivity index (χ2n) is 4.99. The van der Waals surface area contributed by atoms with Crippen molar-refractivity contribution in [1.29, 1.82) is 0 Å². The molecule has 2 aromatic rings. The van der Waals surface area contributed by atoms with Crippen molar-refractivity contribution >= 4 is 17.3 Å². The van der Waals surface area contributed by atoms with Crippen LogP contribution in [0.3, 0.4) is 0 Å². The number of nitrogens with two attached hydrogens (primary N) is 1. The Morgan fingerprint density at radius 1 is 1.29 bits per heavy atom. The molecule has 1 amide bonds. The van der Waals surface area contributed by atoms with E-state index in [1.54, 1.807) is 4.68 Å². The summed E-state index contributed by atoms with van der Waals surface area (Å²) < 4.78 is 1.74. The Kier molecular flexibility index (Phi) is 4.62. The summed E-state index contributed by atoms with van der Waals surface area (Å²) in [7, 11) is 0. The normalized spacial score (nSPS) is 12.1. The predicted octanol–water partition coefficient (Wildman–Crippen LogP) is 2.79. The Morgan fingerprint density at radius 2 is 1.95 bits per heavy atom. The van der Waals surface area contributed by atoms with Crippen molar-refractivity contribution in [3.05, 3.63) is 41.7 Å². The van der Waals surface area contributed by atoms with Crippen LogP contribution in [0.15, 0.2) is 30.3 Å². The highest BCUT2D eigenvalue weighted by atomic mass is 16.2. The van der Waals surface area contributed by atoms with Crippen molar-refractivity contribution in [2.45, 2.75) is 39.7 Å². The Balaban J connectivity index is 2.23. The lowest BCUT2D eigenvalue weighted by Gasteiger charge is -2.15. The molecule has 1 aromatic carbocycles. The van der Waals surface area contributed by atoms with E-state index in [0.717, 1.165) is 29.9 Å². The monoisotopic (exact) mass is 286 g/mol. The molecule has 2 rings (SSSR count). The van der Waals surface area contributed by atoms with Gasteiger partial charge in [-0.1, -0.05) is 32.0 Å². The Bertz CT molecular complexity index is 619. The predicted molar refractivity (Wildman–Crippen MR) is 85.2 cm³/mol. The number of carbonyl (C=O) groups excluding carboxylic acids is 1. The molecule has 0 saturated heterocycles. The van der Waals surface area contributed by atoms with Gasteiger partial charge < -0.3 is 11.1 Å². The van der Waals surface area contributed by atoms with E-state index in [9.17, 15) is 4.79 Å². The van der Waals surface area contributed by atoms with Gasteiger partial charge in [-0.3, -0.25) is 9.48 Å². The van der Waals surface area contributed by atoms with Gasteiger partial charge in [-0.15, -0.1) is 0 Å². The van der Waals surface area contributed by atoms with Gasteiger partial charge in [0.25, 0.3) is 0 Å². The standard InChI is InChI=1S/C16H22N4O/c1-4-13-15(17)14(5-2)20(19-13)11(3)16(21)18-12-9-7-6-8-10-12/h6-11H,4-5,17H2,1-3H3,(H,18,21). The fraction of sp³-hybridized carbons (Fsp3) is 0.375. The van der Waals surface area contributed by atoms with E-state index in [-0.39, 0.29) is 5.91 Å². The third-order valence-electron chi connectivity index (χ3n) is 3.58. The smallest absolute Gasteiger partial charge is 0.248 e. The van der Waals surface area contributed by atoms with Crippen LogP contribution in [0.5, 0.6) is 0 Å². The molecular formula is C16H22N4O. The number of para-hydroxylation sites is 1. The van der Waals surface area contributed by atoms with Crippen molar-refractivity contribution in [3.8, 4) is 0 Å². The lowest BCUT2D eigenvalue weighted by atomic mass is 10.2. The number of anilines is 2. The van der Waals surface area contributed by atoms with E-state index in [0.29, 0.717) is 5.69 Å². The molecule has 21 heavy (non-hydrogen) atoms. The van der Waals surface area contributed by atoms with Crippen LogP contribution in [0.4, 0.5) is 11.4 Å². The lowest BCUT2D eigenvalue weighted by molar-refractivity contribution is -0.119. The highest BCUT2D eigenvalue weighted by Crippen LogP contribution is 2.22. The van der Waals surface area contributed by atoms with Gasteiger partial charge in [0.2, 0.25) is 5.91 Å². The first-order valence-corrected chi connectivity index (χ1v) is 7.30. The molecule has 0 aliphatic carbocycles. The summed E-state index contributed by atoms with van der Waals surface area (Å²) in [6.45, 7) is 5.87. The fourth-order valence-electron chi connectivity index (χ4n) is 2.35. The largest absolute Gasteiger partial charge is 0.396 e. The van der Waals surface area contributed by atoms with Gasteiger partial charge in [0, 0.05) is 5.69 Å². The minimum Gasteiger partial charge on any atom is -0.396 e. The average Bonchev–Trinajstić information content (AvgIpc) is 2.83. The molecule has 5 nitrogen and oxygen atoms in total. The minimum atomic E-state index is -0.400. The van der Waals surface area contributed by atoms with Crippen LogP contribution in [0, 0.1) is 0 Å². The molecule has 0 aliphatic rings. The van der Waals surface area contributed by atoms with E-state index in [2.05, 4.69) is 10.4 Å². The van der Waals surface area contributed by atoms with E-state index >= 15 is 0 Å². The molecular weight excluding hydrogens is 264 g/mol. The third-order valence-corrected chi connectivity index (χ3v) is 3.58. The number of benzene rings is 1. The summed E-state index contributed by atoms with van der Waals surface area (Å²) in [4.78, 5) is 12.4. The van der Waals surface area contributed by atoms with Gasteiger partial charge in [-0.2, -0.15) is 5.10 Å². The van der Waals surface area contributed by atoms with E-state index in [1.807, 2.05) is 51.1 Å². The number of amides is 1. The average molecular weight is 286 g/mol. The van der Waals surface area contributed by atoms with Crippen LogP contribution in [0.25, 0.3) is 0 Å². The molecule has 0 radical (unpaired) electrons. The molecule has 0 bridgehead atoms. The molecule has 3 N–H and O–H groups in total. The van der Waals surface area contributed by atoms with Gasteiger partial charge in [0.1, 0.15) is 6.04 Å². The van der Waals surface area contributed by atoms with Crippen LogP contribution in [0.2, 0.25) is 0 Å². The number of aryl methyl sites for hydroxylation is 1. The van der Waals surface area contributed by atoms with E-state index < -0.39 is 6.04 Å². The molecule has 5 heteroatoms. The van der Waals surface area contributed by atoms with Crippen LogP contribution in [-0.4, -0.2) is 15.7 Å². The van der Waals surface area contributed by atoms with Crippen LogP contribution in [-0.2, 0) is 17.6 Å². The molecule has 0 fully saturated rings. The maximum Gasteiger partial charge on any atom is 0.248 e. The van der Waals surface area contributed by atoms with Gasteiger partial charge in [0.05, 0.1) is 17.1 Å². The molecule has 0 saturated carbocycles. The zero-order valence-electron chi connectivity index (χ0n) is 12.8. The molecule has 1 unspecified atom stereocenters. The first-order chi connectivity index (χ1) is 10.1. The van der Waals surface area contributed by atoms with E-state index in [4.69, 9.17) is 5.73 Å².